The van der Waals surface area contributed by atoms with Crippen molar-refractivity contribution in [3.05, 3.63) is 0 Å². The van der Waals surface area contributed by atoms with E-state index in [4.69, 9.17) is 14.2 Å². The molecule has 2 rings (SSSR count). The van der Waals surface area contributed by atoms with Gasteiger partial charge in [0.25, 0.3) is 0 Å². The Morgan fingerprint density at radius 2 is 1.80 bits per heavy atom. The monoisotopic (exact) mass is 292 g/mol. The first kappa shape index (κ1) is 16.1. The van der Waals surface area contributed by atoms with Crippen molar-refractivity contribution in [1.82, 2.24) is 0 Å². The van der Waals surface area contributed by atoms with E-state index in [0.717, 1.165) is 6.42 Å². The van der Waals surface area contributed by atoms with Gasteiger partial charge in [0.15, 0.2) is 6.29 Å². The van der Waals surface area contributed by atoms with Crippen molar-refractivity contribution in [3.8, 4) is 0 Å². The summed E-state index contributed by atoms with van der Waals surface area (Å²) < 4.78 is 16.5. The fourth-order valence-electron chi connectivity index (χ4n) is 2.66. The number of aliphatic hydroxyl groups is 4. The first-order valence-electron chi connectivity index (χ1n) is 7.07. The first-order chi connectivity index (χ1) is 9.56. The number of ether oxygens (including phenoxy) is 3. The molecule has 0 bridgehead atoms. The first-order valence-corrected chi connectivity index (χ1v) is 7.07. The maximum atomic E-state index is 9.97. The summed E-state index contributed by atoms with van der Waals surface area (Å²) in [5.41, 5.74) is 0. The van der Waals surface area contributed by atoms with Gasteiger partial charge in [0.1, 0.15) is 24.4 Å². The maximum Gasteiger partial charge on any atom is 0.158 e. The average Bonchev–Trinajstić information content (AvgIpc) is 2.46. The van der Waals surface area contributed by atoms with Crippen molar-refractivity contribution in [2.75, 3.05) is 19.8 Å². The van der Waals surface area contributed by atoms with E-state index in [9.17, 15) is 20.4 Å². The lowest BCUT2D eigenvalue weighted by molar-refractivity contribution is -0.288. The van der Waals surface area contributed by atoms with Crippen molar-refractivity contribution in [2.24, 2.45) is 5.92 Å². The van der Waals surface area contributed by atoms with Crippen molar-refractivity contribution >= 4 is 0 Å². The van der Waals surface area contributed by atoms with Crippen LogP contribution in [-0.2, 0) is 14.2 Å². The molecule has 0 aromatic carbocycles. The van der Waals surface area contributed by atoms with E-state index in [-0.39, 0.29) is 31.8 Å². The molecule has 2 aliphatic rings. The molecule has 2 saturated heterocycles. The SMILES string of the molecule is C[C@H]1CC[C@@H](O[C@@H]2C(CO)OC[C@H](O)C2O)OC1CO. The minimum absolute atomic E-state index is 0.0337. The van der Waals surface area contributed by atoms with Crippen molar-refractivity contribution in [1.29, 1.82) is 0 Å². The third kappa shape index (κ3) is 3.48. The predicted molar refractivity (Wildman–Crippen MR) is 67.9 cm³/mol. The van der Waals surface area contributed by atoms with Crippen LogP contribution < -0.4 is 0 Å². The molecule has 118 valence electrons. The summed E-state index contributed by atoms with van der Waals surface area (Å²) in [5, 5.41) is 38.1. The summed E-state index contributed by atoms with van der Waals surface area (Å²) in [5.74, 6) is 0.242. The highest BCUT2D eigenvalue weighted by Gasteiger charge is 2.42. The molecule has 2 heterocycles. The molecule has 2 aliphatic heterocycles. The molecule has 0 aliphatic carbocycles. The summed E-state index contributed by atoms with van der Waals surface area (Å²) in [6.07, 6.45) is -3.11. The molecule has 7 heteroatoms. The molecule has 3 unspecified atom stereocenters. The van der Waals surface area contributed by atoms with Gasteiger partial charge in [-0.15, -0.1) is 0 Å². The number of rotatable bonds is 4. The second kappa shape index (κ2) is 7.13. The van der Waals surface area contributed by atoms with Crippen molar-refractivity contribution in [2.45, 2.75) is 56.6 Å². The fraction of sp³-hybridized carbons (Fsp3) is 1.00. The second-order valence-corrected chi connectivity index (χ2v) is 5.55. The van der Waals surface area contributed by atoms with Gasteiger partial charge in [-0.3, -0.25) is 0 Å². The summed E-state index contributed by atoms with van der Waals surface area (Å²) in [6, 6.07) is 0. The normalized spacial score (nSPS) is 46.4. The standard InChI is InChI=1S/C13H24O7/c1-7-2-3-11(19-9(7)4-14)20-13-10(5-15)18-6-8(16)12(13)17/h7-17H,2-6H2,1H3/t7-,8-,9?,10?,11+,12?,13+/m0/s1. The van der Waals surface area contributed by atoms with Gasteiger partial charge in [0.2, 0.25) is 0 Å². The topological polar surface area (TPSA) is 109 Å². The van der Waals surface area contributed by atoms with Crippen LogP contribution in [0.5, 0.6) is 0 Å². The molecular formula is C13H24O7. The quantitative estimate of drug-likeness (QED) is 0.505. The van der Waals surface area contributed by atoms with Crippen LogP contribution in [0.1, 0.15) is 19.8 Å². The van der Waals surface area contributed by atoms with Crippen LogP contribution in [0.2, 0.25) is 0 Å². The Bertz CT molecular complexity index is 298. The lowest BCUT2D eigenvalue weighted by Crippen LogP contribution is -2.57. The van der Waals surface area contributed by atoms with E-state index in [2.05, 4.69) is 0 Å². The molecule has 0 saturated carbocycles. The third-order valence-corrected chi connectivity index (χ3v) is 4.07. The summed E-state index contributed by atoms with van der Waals surface area (Å²) in [7, 11) is 0. The highest BCUT2D eigenvalue weighted by atomic mass is 16.7. The number of hydrogen-bond acceptors (Lipinski definition) is 7. The highest BCUT2D eigenvalue weighted by molar-refractivity contribution is 4.88. The van der Waals surface area contributed by atoms with E-state index in [1.54, 1.807) is 0 Å². The van der Waals surface area contributed by atoms with E-state index >= 15 is 0 Å². The largest absolute Gasteiger partial charge is 0.394 e. The molecule has 0 aromatic rings. The fourth-order valence-corrected chi connectivity index (χ4v) is 2.66. The summed E-state index contributed by atoms with van der Waals surface area (Å²) in [6.45, 7) is 1.57. The lowest BCUT2D eigenvalue weighted by atomic mass is 9.96. The van der Waals surface area contributed by atoms with Gasteiger partial charge in [-0.05, 0) is 18.8 Å². The van der Waals surface area contributed by atoms with E-state index in [1.807, 2.05) is 6.92 Å². The molecule has 0 radical (unpaired) electrons. The summed E-state index contributed by atoms with van der Waals surface area (Å²) >= 11 is 0. The Balaban J connectivity index is 1.96. The maximum absolute atomic E-state index is 9.97. The van der Waals surface area contributed by atoms with Gasteiger partial charge in [-0.25, -0.2) is 0 Å². The van der Waals surface area contributed by atoms with Gasteiger partial charge < -0.3 is 34.6 Å². The van der Waals surface area contributed by atoms with Crippen LogP contribution in [0.4, 0.5) is 0 Å². The Morgan fingerprint density at radius 1 is 1.10 bits per heavy atom. The van der Waals surface area contributed by atoms with Gasteiger partial charge in [-0.2, -0.15) is 0 Å². The Hall–Kier alpha value is -0.280. The van der Waals surface area contributed by atoms with Crippen LogP contribution in [0, 0.1) is 5.92 Å². The van der Waals surface area contributed by atoms with Crippen LogP contribution in [-0.4, -0.2) is 77.1 Å². The lowest BCUT2D eigenvalue weighted by Gasteiger charge is -2.41. The highest BCUT2D eigenvalue weighted by Crippen LogP contribution is 2.28. The molecule has 0 spiro atoms. The van der Waals surface area contributed by atoms with Gasteiger partial charge in [0.05, 0.1) is 25.9 Å². The van der Waals surface area contributed by atoms with Gasteiger partial charge in [-0.1, -0.05) is 6.92 Å². The van der Waals surface area contributed by atoms with E-state index < -0.39 is 30.7 Å². The molecule has 4 N–H and O–H groups in total. The second-order valence-electron chi connectivity index (χ2n) is 5.55. The van der Waals surface area contributed by atoms with Crippen molar-refractivity contribution in [3.63, 3.8) is 0 Å². The number of aliphatic hydroxyl groups excluding tert-OH is 4. The zero-order valence-electron chi connectivity index (χ0n) is 11.6. The molecular weight excluding hydrogens is 268 g/mol. The van der Waals surface area contributed by atoms with Crippen LogP contribution in [0.3, 0.4) is 0 Å². The Labute approximate surface area is 118 Å². The molecule has 20 heavy (non-hydrogen) atoms. The zero-order valence-corrected chi connectivity index (χ0v) is 11.6. The van der Waals surface area contributed by atoms with E-state index in [1.165, 1.54) is 0 Å². The van der Waals surface area contributed by atoms with Crippen molar-refractivity contribution < 1.29 is 34.6 Å². The molecule has 0 amide bonds. The van der Waals surface area contributed by atoms with Crippen LogP contribution in [0.15, 0.2) is 0 Å². The average molecular weight is 292 g/mol. The molecule has 7 nitrogen and oxygen atoms in total. The third-order valence-electron chi connectivity index (χ3n) is 4.07. The predicted octanol–water partition coefficient (Wildman–Crippen LogP) is -1.38. The Kier molecular flexibility index (Phi) is 5.74. The van der Waals surface area contributed by atoms with Gasteiger partial charge >= 0.3 is 0 Å². The number of hydrogen-bond donors (Lipinski definition) is 4. The zero-order chi connectivity index (χ0) is 14.7. The minimum Gasteiger partial charge on any atom is -0.394 e. The van der Waals surface area contributed by atoms with E-state index in [0.29, 0.717) is 6.42 Å². The van der Waals surface area contributed by atoms with Crippen LogP contribution in [0.25, 0.3) is 0 Å². The molecule has 7 atom stereocenters. The Morgan fingerprint density at radius 3 is 2.45 bits per heavy atom. The summed E-state index contributed by atoms with van der Waals surface area (Å²) in [4.78, 5) is 0. The van der Waals surface area contributed by atoms with Gasteiger partial charge in [0, 0.05) is 0 Å². The molecule has 2 fully saturated rings. The smallest absolute Gasteiger partial charge is 0.158 e. The van der Waals surface area contributed by atoms with Crippen LogP contribution >= 0.6 is 0 Å². The molecule has 0 aromatic heterocycles. The minimum atomic E-state index is -1.13.